The third-order valence-corrected chi connectivity index (χ3v) is 6.68. The van der Waals surface area contributed by atoms with E-state index < -0.39 is 41.0 Å². The van der Waals surface area contributed by atoms with Crippen LogP contribution in [0.5, 0.6) is 0 Å². The molecule has 15 heteroatoms. The molecule has 0 aliphatic rings. The van der Waals surface area contributed by atoms with E-state index in [-0.39, 0.29) is 0 Å². The molecule has 1 nitrogen and oxygen atoms in total. The topological polar surface area (TPSA) is 9.23 Å². The lowest BCUT2D eigenvalue weighted by molar-refractivity contribution is -0.112. The number of hydrogen-bond acceptors (Lipinski definition) is 1. The molecule has 0 rings (SSSR count). The number of rotatable bonds is 4. The van der Waals surface area contributed by atoms with Crippen LogP contribution in [0.2, 0.25) is 0 Å². The molecule has 0 spiro atoms. The standard InChI is InChI=1S/C4H2F12OSi2/c5-1(6)18(15,3(9,10)11)17-19(16,2(7)8)4(12,13)14/h1-2H. The zero-order valence-electron chi connectivity index (χ0n) is 8.10. The van der Waals surface area contributed by atoms with Crippen LogP contribution in [0.15, 0.2) is 0 Å². The fourth-order valence-electron chi connectivity index (χ4n) is 0.668. The van der Waals surface area contributed by atoms with Gasteiger partial charge < -0.3 is 4.12 Å². The van der Waals surface area contributed by atoms with Gasteiger partial charge in [0.15, 0.2) is 0 Å². The lowest BCUT2D eigenvalue weighted by Gasteiger charge is -2.31. The molecule has 0 radical (unpaired) electrons. The largest absolute Gasteiger partial charge is 0.555 e. The Labute approximate surface area is 98.3 Å². The Morgan fingerprint density at radius 2 is 0.842 bits per heavy atom. The van der Waals surface area contributed by atoms with Crippen LogP contribution in [-0.4, -0.2) is 41.0 Å². The van der Waals surface area contributed by atoms with Crippen molar-refractivity contribution in [3.63, 3.8) is 0 Å². The molecule has 116 valence electrons. The van der Waals surface area contributed by atoms with Crippen LogP contribution in [-0.2, 0) is 4.12 Å². The first-order chi connectivity index (χ1) is 8.09. The zero-order chi connectivity index (χ0) is 15.9. The van der Waals surface area contributed by atoms with Crippen LogP contribution in [0.3, 0.4) is 0 Å². The highest BCUT2D eigenvalue weighted by atomic mass is 28.5. The smallest absolute Gasteiger partial charge is 0.391 e. The van der Waals surface area contributed by atoms with E-state index in [4.69, 9.17) is 0 Å². The van der Waals surface area contributed by atoms with Crippen molar-refractivity contribution in [2.45, 2.75) is 23.7 Å². The van der Waals surface area contributed by atoms with Gasteiger partial charge >= 0.3 is 28.9 Å². The second-order valence-corrected chi connectivity index (χ2v) is 8.39. The van der Waals surface area contributed by atoms with Gasteiger partial charge in [-0.15, -0.1) is 0 Å². The van der Waals surface area contributed by atoms with Gasteiger partial charge in [-0.1, -0.05) is 0 Å². The molecule has 0 aromatic rings. The van der Waals surface area contributed by atoms with Gasteiger partial charge in [-0.05, 0) is 0 Å². The highest BCUT2D eigenvalue weighted by Crippen LogP contribution is 2.43. The molecule has 2 atom stereocenters. The van der Waals surface area contributed by atoms with E-state index in [1.54, 1.807) is 0 Å². The Hall–Kier alpha value is -0.446. The molecule has 0 saturated heterocycles. The number of halogens is 12. The van der Waals surface area contributed by atoms with Gasteiger partial charge in [0.1, 0.15) is 0 Å². The van der Waals surface area contributed by atoms with Gasteiger partial charge in [-0.3, -0.25) is 8.22 Å². The van der Waals surface area contributed by atoms with Crippen LogP contribution < -0.4 is 0 Å². The van der Waals surface area contributed by atoms with Crippen LogP contribution in [0.1, 0.15) is 0 Å². The maximum absolute atomic E-state index is 12.8. The summed E-state index contributed by atoms with van der Waals surface area (Å²) in [4.78, 5) is 0. The molecule has 0 heterocycles. The Bertz CT molecular complexity index is 282. The fourth-order valence-corrected chi connectivity index (χ4v) is 4.53. The average molecular weight is 350 g/mol. The minimum Gasteiger partial charge on any atom is -0.391 e. The van der Waals surface area contributed by atoms with Crippen molar-refractivity contribution in [3.8, 4) is 0 Å². The van der Waals surface area contributed by atoms with Crippen LogP contribution in [0, 0.1) is 0 Å². The Balaban J connectivity index is 5.69. The third-order valence-electron chi connectivity index (χ3n) is 1.63. The molecule has 19 heavy (non-hydrogen) atoms. The summed E-state index contributed by atoms with van der Waals surface area (Å²) in [5.41, 5.74) is 0. The minimum atomic E-state index is -8.18. The summed E-state index contributed by atoms with van der Waals surface area (Å²) in [7, 11) is -16.4. The molecule has 2 unspecified atom stereocenters. The van der Waals surface area contributed by atoms with Crippen molar-refractivity contribution in [2.24, 2.45) is 0 Å². The van der Waals surface area contributed by atoms with E-state index in [1.165, 1.54) is 0 Å². The minimum absolute atomic E-state index is 2.07. The van der Waals surface area contributed by atoms with Crippen molar-refractivity contribution in [3.05, 3.63) is 0 Å². The van der Waals surface area contributed by atoms with Crippen LogP contribution in [0.25, 0.3) is 0 Å². The van der Waals surface area contributed by atoms with Gasteiger partial charge in [-0.2, -0.15) is 26.3 Å². The Morgan fingerprint density at radius 3 is 0.947 bits per heavy atom. The summed E-state index contributed by atoms with van der Waals surface area (Å²) in [6, 6.07) is -10.4. The first-order valence-corrected chi connectivity index (χ1v) is 7.60. The fraction of sp³-hybridized carbons (Fsp3) is 1.00. The van der Waals surface area contributed by atoms with E-state index in [0.717, 1.165) is 0 Å². The summed E-state index contributed by atoms with van der Waals surface area (Å²) < 4.78 is 146. The molecule has 0 aromatic carbocycles. The monoisotopic (exact) mass is 350 g/mol. The van der Waals surface area contributed by atoms with E-state index in [0.29, 0.717) is 0 Å². The van der Waals surface area contributed by atoms with E-state index in [9.17, 15) is 52.1 Å². The zero-order valence-corrected chi connectivity index (χ0v) is 10.1. The summed E-state index contributed by atoms with van der Waals surface area (Å²) >= 11 is 0. The molecular weight excluding hydrogens is 348 g/mol. The molecule has 0 aliphatic carbocycles. The van der Waals surface area contributed by atoms with Gasteiger partial charge in [-0.25, -0.2) is 17.6 Å². The predicted molar refractivity (Wildman–Crippen MR) is 38.9 cm³/mol. The lowest BCUT2D eigenvalue weighted by atomic mass is 11.5. The second kappa shape index (κ2) is 5.15. The van der Waals surface area contributed by atoms with E-state index >= 15 is 0 Å². The first-order valence-electron chi connectivity index (χ1n) is 3.87. The maximum Gasteiger partial charge on any atom is 0.555 e. The summed E-state index contributed by atoms with van der Waals surface area (Å²) in [6.45, 7) is 0. The molecule has 0 fully saturated rings. The molecule has 0 aliphatic heterocycles. The molecule has 0 bridgehead atoms. The highest BCUT2D eigenvalue weighted by Gasteiger charge is 2.80. The van der Waals surface area contributed by atoms with E-state index in [2.05, 4.69) is 4.12 Å². The second-order valence-electron chi connectivity index (χ2n) is 2.99. The van der Waals surface area contributed by atoms with Crippen molar-refractivity contribution >= 4 is 17.3 Å². The SMILES string of the molecule is FC(F)[Si](F)(O[Si](F)(C(F)F)C(F)(F)F)C(F)(F)F. The molecule has 0 aromatic heterocycles. The number of hydrogen-bond donors (Lipinski definition) is 0. The molecule has 0 N–H and O–H groups in total. The molecular formula is C4H2F12OSi2. The summed E-state index contributed by atoms with van der Waals surface area (Å²) in [5, 5.41) is 0. The summed E-state index contributed by atoms with van der Waals surface area (Å²) in [5.74, 6) is -13.4. The highest BCUT2D eigenvalue weighted by molar-refractivity contribution is 6.83. The van der Waals surface area contributed by atoms with Gasteiger partial charge in [0.05, 0.1) is 0 Å². The average Bonchev–Trinajstić information content (AvgIpc) is 2.12. The van der Waals surface area contributed by atoms with Crippen molar-refractivity contribution in [1.29, 1.82) is 0 Å². The van der Waals surface area contributed by atoms with Gasteiger partial charge in [0.2, 0.25) is 0 Å². The van der Waals surface area contributed by atoms with Crippen molar-refractivity contribution in [2.75, 3.05) is 0 Å². The van der Waals surface area contributed by atoms with Gasteiger partial charge in [0.25, 0.3) is 12.1 Å². The van der Waals surface area contributed by atoms with Crippen molar-refractivity contribution < 1.29 is 56.2 Å². The van der Waals surface area contributed by atoms with Gasteiger partial charge in [0, 0.05) is 0 Å². The quantitative estimate of drug-likeness (QED) is 0.427. The Kier molecular flexibility index (Phi) is 5.03. The predicted octanol–water partition coefficient (Wildman–Crippen LogP) is 3.64. The van der Waals surface area contributed by atoms with Crippen LogP contribution in [0.4, 0.5) is 52.1 Å². The maximum atomic E-state index is 12.8. The lowest BCUT2D eigenvalue weighted by Crippen LogP contribution is -2.68. The van der Waals surface area contributed by atoms with E-state index in [1.807, 2.05) is 0 Å². The van der Waals surface area contributed by atoms with Crippen LogP contribution >= 0.6 is 0 Å². The number of alkyl halides is 10. The normalized spacial score (nSPS) is 20.5. The Morgan fingerprint density at radius 1 is 0.632 bits per heavy atom. The first kappa shape index (κ1) is 18.6. The summed E-state index contributed by atoms with van der Waals surface area (Å²) in [6.07, 6.45) is 0. The van der Waals surface area contributed by atoms with Crippen molar-refractivity contribution in [1.82, 2.24) is 0 Å². The third kappa shape index (κ3) is 3.36. The molecule has 0 saturated carbocycles. The molecule has 0 amide bonds.